The zero-order valence-electron chi connectivity index (χ0n) is 18.3. The summed E-state index contributed by atoms with van der Waals surface area (Å²) in [5, 5.41) is 11.5. The SMILES string of the molecule is COc1ccc(C2C(=C(O)c3ccncc3)C(=O)C(=O)N2c2nc3ccc(OC)cc3s2)cc1. The molecule has 4 aromatic rings. The standard InChI is InChI=1S/C25H19N3O5S/c1-32-16-5-3-14(4-6-16)21-20(22(29)15-9-11-26-12-10-15)23(30)24(31)28(21)25-27-18-8-7-17(33-2)13-19(18)34-25/h3-13,21,29H,1-2H3. The second-order valence-electron chi connectivity index (χ2n) is 7.51. The minimum absolute atomic E-state index is 0.0156. The highest BCUT2D eigenvalue weighted by Crippen LogP contribution is 2.44. The van der Waals surface area contributed by atoms with E-state index in [1.807, 2.05) is 6.07 Å². The van der Waals surface area contributed by atoms with Gasteiger partial charge in [0.2, 0.25) is 0 Å². The molecule has 0 saturated carbocycles. The van der Waals surface area contributed by atoms with E-state index in [9.17, 15) is 14.7 Å². The van der Waals surface area contributed by atoms with E-state index in [0.29, 0.717) is 33.3 Å². The van der Waals surface area contributed by atoms with E-state index in [1.54, 1.807) is 62.8 Å². The average molecular weight is 474 g/mol. The Hall–Kier alpha value is -4.24. The van der Waals surface area contributed by atoms with Gasteiger partial charge in [0.15, 0.2) is 5.13 Å². The molecule has 0 bridgehead atoms. The van der Waals surface area contributed by atoms with Gasteiger partial charge >= 0.3 is 5.91 Å². The first kappa shape index (κ1) is 21.6. The van der Waals surface area contributed by atoms with Gasteiger partial charge in [-0.25, -0.2) is 4.98 Å². The van der Waals surface area contributed by atoms with Gasteiger partial charge in [0, 0.05) is 18.0 Å². The maximum Gasteiger partial charge on any atom is 0.301 e. The highest BCUT2D eigenvalue weighted by atomic mass is 32.1. The van der Waals surface area contributed by atoms with Crippen LogP contribution in [0.15, 0.2) is 72.6 Å². The van der Waals surface area contributed by atoms with Crippen LogP contribution in [0.3, 0.4) is 0 Å². The Morgan fingerprint density at radius 2 is 1.65 bits per heavy atom. The summed E-state index contributed by atoms with van der Waals surface area (Å²) in [5.41, 5.74) is 1.68. The zero-order valence-corrected chi connectivity index (χ0v) is 19.1. The summed E-state index contributed by atoms with van der Waals surface area (Å²) >= 11 is 1.27. The number of fused-ring (bicyclic) bond motifs is 1. The van der Waals surface area contributed by atoms with Crippen LogP contribution in [0.2, 0.25) is 0 Å². The Labute approximate surface area is 198 Å². The Morgan fingerprint density at radius 1 is 0.971 bits per heavy atom. The molecule has 1 N–H and O–H groups in total. The fraction of sp³-hybridized carbons (Fsp3) is 0.120. The topological polar surface area (TPSA) is 102 Å². The molecule has 9 heteroatoms. The predicted octanol–water partition coefficient (Wildman–Crippen LogP) is 4.33. The van der Waals surface area contributed by atoms with E-state index in [4.69, 9.17) is 9.47 Å². The maximum atomic E-state index is 13.3. The number of anilines is 1. The van der Waals surface area contributed by atoms with Gasteiger partial charge in [0.05, 0.1) is 36.1 Å². The van der Waals surface area contributed by atoms with Gasteiger partial charge in [-0.05, 0) is 48.0 Å². The number of nitrogens with zero attached hydrogens (tertiary/aromatic N) is 3. The third kappa shape index (κ3) is 3.56. The summed E-state index contributed by atoms with van der Waals surface area (Å²) in [4.78, 5) is 36.4. The molecule has 3 heterocycles. The van der Waals surface area contributed by atoms with Crippen molar-refractivity contribution in [1.82, 2.24) is 9.97 Å². The van der Waals surface area contributed by atoms with Crippen molar-refractivity contribution in [3.8, 4) is 11.5 Å². The van der Waals surface area contributed by atoms with E-state index in [2.05, 4.69) is 9.97 Å². The van der Waals surface area contributed by atoms with Crippen molar-refractivity contribution in [2.75, 3.05) is 19.1 Å². The van der Waals surface area contributed by atoms with Gasteiger partial charge < -0.3 is 14.6 Å². The van der Waals surface area contributed by atoms with E-state index >= 15 is 0 Å². The monoisotopic (exact) mass is 473 g/mol. The molecule has 5 rings (SSSR count). The van der Waals surface area contributed by atoms with E-state index < -0.39 is 17.7 Å². The molecule has 0 aliphatic carbocycles. The van der Waals surface area contributed by atoms with Crippen LogP contribution < -0.4 is 14.4 Å². The summed E-state index contributed by atoms with van der Waals surface area (Å²) in [6.45, 7) is 0. The average Bonchev–Trinajstić information content (AvgIpc) is 3.41. The Balaban J connectivity index is 1.71. The number of carbonyl (C=O) groups is 2. The van der Waals surface area contributed by atoms with Crippen LogP contribution in [-0.4, -0.2) is 41.0 Å². The number of hydrogen-bond acceptors (Lipinski definition) is 8. The largest absolute Gasteiger partial charge is 0.507 e. The van der Waals surface area contributed by atoms with Gasteiger partial charge in [-0.2, -0.15) is 0 Å². The number of rotatable bonds is 5. The molecular weight excluding hydrogens is 454 g/mol. The summed E-state index contributed by atoms with van der Waals surface area (Å²) in [7, 11) is 3.13. The van der Waals surface area contributed by atoms with Crippen LogP contribution in [0.5, 0.6) is 11.5 Å². The molecule has 170 valence electrons. The molecule has 0 spiro atoms. The minimum atomic E-state index is -0.874. The van der Waals surface area contributed by atoms with E-state index in [-0.39, 0.29) is 11.3 Å². The van der Waals surface area contributed by atoms with Gasteiger partial charge in [-0.15, -0.1) is 0 Å². The first-order valence-electron chi connectivity index (χ1n) is 10.3. The number of benzene rings is 2. The highest BCUT2D eigenvalue weighted by molar-refractivity contribution is 7.22. The van der Waals surface area contributed by atoms with Crippen molar-refractivity contribution in [3.05, 3.63) is 83.7 Å². The quantitative estimate of drug-likeness (QED) is 0.261. The summed E-state index contributed by atoms with van der Waals surface area (Å²) in [5.74, 6) is -0.530. The molecular formula is C25H19N3O5S. The van der Waals surface area contributed by atoms with Crippen molar-refractivity contribution in [1.29, 1.82) is 0 Å². The van der Waals surface area contributed by atoms with Crippen molar-refractivity contribution >= 4 is 44.1 Å². The molecule has 1 amide bonds. The molecule has 8 nitrogen and oxygen atoms in total. The molecule has 1 fully saturated rings. The first-order valence-corrected chi connectivity index (χ1v) is 11.1. The molecule has 1 aliphatic heterocycles. The number of aliphatic hydroxyl groups excluding tert-OH is 1. The number of aliphatic hydroxyl groups is 1. The van der Waals surface area contributed by atoms with E-state index in [1.165, 1.54) is 28.6 Å². The van der Waals surface area contributed by atoms with Gasteiger partial charge in [0.1, 0.15) is 17.3 Å². The van der Waals surface area contributed by atoms with Crippen molar-refractivity contribution in [2.24, 2.45) is 0 Å². The number of amides is 1. The number of hydrogen-bond donors (Lipinski definition) is 1. The molecule has 1 aliphatic rings. The van der Waals surface area contributed by atoms with Crippen LogP contribution in [0.1, 0.15) is 17.2 Å². The number of pyridine rings is 1. The smallest absolute Gasteiger partial charge is 0.301 e. The second-order valence-corrected chi connectivity index (χ2v) is 8.52. The van der Waals surface area contributed by atoms with Crippen molar-refractivity contribution < 1.29 is 24.2 Å². The molecule has 34 heavy (non-hydrogen) atoms. The van der Waals surface area contributed by atoms with Crippen LogP contribution >= 0.6 is 11.3 Å². The molecule has 1 saturated heterocycles. The minimum Gasteiger partial charge on any atom is -0.507 e. The number of carbonyl (C=O) groups excluding carboxylic acids is 2. The number of ether oxygens (including phenoxy) is 2. The number of Topliss-reactive ketones (excluding diaryl/α,β-unsaturated/α-hetero) is 1. The van der Waals surface area contributed by atoms with Crippen LogP contribution in [0.25, 0.3) is 16.0 Å². The normalized spacial score (nSPS) is 17.4. The molecule has 2 aromatic carbocycles. The predicted molar refractivity (Wildman–Crippen MR) is 128 cm³/mol. The number of methoxy groups -OCH3 is 2. The molecule has 2 aromatic heterocycles. The molecule has 0 radical (unpaired) electrons. The summed E-state index contributed by atoms with van der Waals surface area (Å²) < 4.78 is 11.3. The highest BCUT2D eigenvalue weighted by Gasteiger charge is 2.48. The first-order chi connectivity index (χ1) is 16.5. The van der Waals surface area contributed by atoms with Gasteiger partial charge in [0.25, 0.3) is 5.78 Å². The third-order valence-electron chi connectivity index (χ3n) is 5.62. The molecule has 1 unspecified atom stereocenters. The third-order valence-corrected chi connectivity index (χ3v) is 6.64. The lowest BCUT2D eigenvalue weighted by molar-refractivity contribution is -0.132. The van der Waals surface area contributed by atoms with Crippen LogP contribution in [0, 0.1) is 0 Å². The fourth-order valence-corrected chi connectivity index (χ4v) is 4.94. The second kappa shape index (κ2) is 8.60. The van der Waals surface area contributed by atoms with Crippen molar-refractivity contribution in [2.45, 2.75) is 6.04 Å². The summed E-state index contributed by atoms with van der Waals surface area (Å²) in [6, 6.07) is 14.7. The van der Waals surface area contributed by atoms with Crippen LogP contribution in [0.4, 0.5) is 5.13 Å². The van der Waals surface area contributed by atoms with Crippen molar-refractivity contribution in [3.63, 3.8) is 0 Å². The lowest BCUT2D eigenvalue weighted by Gasteiger charge is -2.23. The number of thiazole rings is 1. The Kier molecular flexibility index (Phi) is 5.46. The number of aromatic nitrogens is 2. The van der Waals surface area contributed by atoms with Gasteiger partial charge in [-0.3, -0.25) is 19.5 Å². The zero-order chi connectivity index (χ0) is 23.8. The summed E-state index contributed by atoms with van der Waals surface area (Å²) in [6.07, 6.45) is 3.02. The Bertz CT molecular complexity index is 1430. The van der Waals surface area contributed by atoms with E-state index in [0.717, 1.165) is 4.70 Å². The fourth-order valence-electron chi connectivity index (χ4n) is 3.92. The van der Waals surface area contributed by atoms with Crippen LogP contribution in [-0.2, 0) is 9.59 Å². The maximum absolute atomic E-state index is 13.3. The Morgan fingerprint density at radius 3 is 2.32 bits per heavy atom. The lowest BCUT2D eigenvalue weighted by Crippen LogP contribution is -2.29. The lowest BCUT2D eigenvalue weighted by atomic mass is 9.95. The number of ketones is 1. The van der Waals surface area contributed by atoms with Gasteiger partial charge in [-0.1, -0.05) is 23.5 Å². The molecule has 1 atom stereocenters.